The predicted molar refractivity (Wildman–Crippen MR) is 262 cm³/mol. The summed E-state index contributed by atoms with van der Waals surface area (Å²) >= 11 is 6.86. The van der Waals surface area contributed by atoms with Gasteiger partial charge in [0.05, 0.1) is 49.8 Å². The van der Waals surface area contributed by atoms with Crippen LogP contribution in [0.15, 0.2) is 53.6 Å². The van der Waals surface area contributed by atoms with Gasteiger partial charge in [-0.2, -0.15) is 0 Å². The quantitative estimate of drug-likeness (QED) is 0.0747. The van der Waals surface area contributed by atoms with Crippen LogP contribution in [0.3, 0.4) is 0 Å². The first-order valence-electron chi connectivity index (χ1n) is 24.4. The number of carbonyl (C=O) groups is 2. The van der Waals surface area contributed by atoms with Crippen molar-refractivity contribution in [3.63, 3.8) is 0 Å². The van der Waals surface area contributed by atoms with E-state index in [1.54, 1.807) is 31.2 Å². The number of ether oxygens (including phenoxy) is 10. The van der Waals surface area contributed by atoms with Crippen LogP contribution in [0, 0.1) is 35.5 Å². The number of hydrogen-bond donors (Lipinski definition) is 5. The minimum absolute atomic E-state index is 0.0834. The molecule has 3 unspecified atom stereocenters. The predicted octanol–water partition coefficient (Wildman–Crippen LogP) is 4.85. The van der Waals surface area contributed by atoms with E-state index in [1.807, 2.05) is 34.6 Å². The first kappa shape index (κ1) is 52.2. The zero-order valence-corrected chi connectivity index (χ0v) is 42.7. The molecule has 1 spiro atoms. The fraction of sp³-hybridized carbons (Fsp3) is 0.537. The number of rotatable bonds is 11. The molecule has 3 saturated heterocycles. The van der Waals surface area contributed by atoms with Gasteiger partial charge in [0.15, 0.2) is 46.7 Å². The molecule has 1 amide bonds. The van der Waals surface area contributed by atoms with Gasteiger partial charge in [0.1, 0.15) is 42.8 Å². The Labute approximate surface area is 428 Å². The molecule has 5 N–H and O–H groups in total. The molecule has 5 bridgehead atoms. The first-order chi connectivity index (χ1) is 34.7. The number of phenols is 1. The lowest BCUT2D eigenvalue weighted by Gasteiger charge is -2.43. The van der Waals surface area contributed by atoms with Crippen molar-refractivity contribution >= 4 is 34.2 Å². The molecule has 390 valence electrons. The van der Waals surface area contributed by atoms with Crippen molar-refractivity contribution in [1.82, 2.24) is 10.3 Å². The molecule has 18 nitrogen and oxygen atoms in total. The van der Waals surface area contributed by atoms with Crippen LogP contribution in [0.4, 0.5) is 0 Å². The van der Waals surface area contributed by atoms with Crippen molar-refractivity contribution in [3.05, 3.63) is 70.0 Å². The summed E-state index contributed by atoms with van der Waals surface area (Å²) in [5, 5.41) is 48.1. The molecule has 6 heterocycles. The molecule has 0 saturated carbocycles. The molecule has 0 radical (unpaired) electrons. The van der Waals surface area contributed by atoms with E-state index in [9.17, 15) is 30.0 Å². The van der Waals surface area contributed by atoms with Gasteiger partial charge < -0.3 is 73.1 Å². The summed E-state index contributed by atoms with van der Waals surface area (Å²) < 4.78 is 62.0. The van der Waals surface area contributed by atoms with E-state index in [1.165, 1.54) is 39.4 Å². The molecule has 10 rings (SSSR count). The van der Waals surface area contributed by atoms with Gasteiger partial charge in [-0.25, -0.2) is 9.78 Å². The number of epoxide rings is 1. The third-order valence-electron chi connectivity index (χ3n) is 14.1. The van der Waals surface area contributed by atoms with E-state index in [2.05, 4.69) is 34.0 Å². The summed E-state index contributed by atoms with van der Waals surface area (Å²) in [6.07, 6.45) is -6.07. The number of hydrogen-bond acceptors (Lipinski definition) is 17. The summed E-state index contributed by atoms with van der Waals surface area (Å²) in [5.74, 6) is 11.4. The number of benzene rings is 2. The van der Waals surface area contributed by atoms with Crippen LogP contribution < -0.4 is 24.3 Å². The summed E-state index contributed by atoms with van der Waals surface area (Å²) in [6.45, 7) is 12.3. The Balaban J connectivity index is 1.09. The van der Waals surface area contributed by atoms with E-state index >= 15 is 0 Å². The van der Waals surface area contributed by atoms with Crippen LogP contribution in [-0.4, -0.2) is 143 Å². The zero-order valence-electron chi connectivity index (χ0n) is 42.0. The SMILES string of the molecule is COc1c(OC(C)C)cc2cc(O)c(C(=O)NC3Cc4ccc(c(Cl)n4)OC4C=C5C#C/C(=C\C#C[C@@H]6O[C@]56[C@@H]4O[C@H]4C[C@@](C)(O)[C@@H](O)[C@H](C)O4)C(O[C@H]4C[C@H](O)[C@H](C(C)C)[C@H](C)O4)COC3=O)cc2c1OC. The van der Waals surface area contributed by atoms with E-state index in [0.717, 1.165) is 0 Å². The minimum Gasteiger partial charge on any atom is -0.507 e. The number of allylic oxidation sites excluding steroid dienone is 1. The maximum absolute atomic E-state index is 14.5. The number of nitrogens with zero attached hydrogens (tertiary/aromatic N) is 1. The molecule has 3 fully saturated rings. The molecular formula is C54H61ClN2O16. The second-order valence-corrected chi connectivity index (χ2v) is 20.5. The monoisotopic (exact) mass is 1030 g/mol. The highest BCUT2D eigenvalue weighted by Crippen LogP contribution is 2.54. The Morgan fingerprint density at radius 2 is 1.75 bits per heavy atom. The number of phenolic OH excluding ortho intramolecular Hbond substituents is 1. The number of aromatic nitrogens is 1. The fourth-order valence-corrected chi connectivity index (χ4v) is 10.7. The Morgan fingerprint density at radius 3 is 2.44 bits per heavy atom. The molecular weight excluding hydrogens is 968 g/mol. The largest absolute Gasteiger partial charge is 0.507 e. The molecule has 7 aliphatic rings. The van der Waals surface area contributed by atoms with E-state index in [-0.39, 0.29) is 70.9 Å². The third kappa shape index (κ3) is 10.3. The van der Waals surface area contributed by atoms with Crippen LogP contribution in [0.2, 0.25) is 5.15 Å². The van der Waals surface area contributed by atoms with Crippen LogP contribution >= 0.6 is 11.6 Å². The topological polar surface area (TPSA) is 236 Å². The number of esters is 1. The standard InChI is InChI=1S/C54H61ClN2O16/c1-25(2)45-27(5)68-43(22-37(45)59)71-41-24-66-52(62)35(57-51(61)34-21-33-30(17-36(34)58)18-39(67-26(3)4)47(65-9)46(33)64-8)20-32-15-16-38(50(55)56-32)70-40-19-31-14-13-29(41)11-10-12-42-54(31,73-42)49(40)72-44-23-53(7,63)48(60)28(6)69-44/h11,15-19,21,25-28,35,37,40-45,48-49,58-60,63H,20,22-24H2,1-9H3,(H,57,61)/b29-11+/t27-,28-,35?,37-,40?,41?,42-,43-,44-,45+,48-,49+,53+,54+/m0/s1. The maximum atomic E-state index is 14.5. The number of amides is 1. The van der Waals surface area contributed by atoms with E-state index in [4.69, 9.17) is 59.0 Å². The van der Waals surface area contributed by atoms with Crippen molar-refractivity contribution in [2.75, 3.05) is 20.8 Å². The van der Waals surface area contributed by atoms with Gasteiger partial charge in [-0.05, 0) is 82.3 Å². The number of aliphatic hydroxyl groups excluding tert-OH is 2. The second-order valence-electron chi connectivity index (χ2n) is 20.1. The lowest BCUT2D eigenvalue weighted by molar-refractivity contribution is -0.290. The van der Waals surface area contributed by atoms with Crippen molar-refractivity contribution in [1.29, 1.82) is 0 Å². The Kier molecular flexibility index (Phi) is 14.7. The zero-order chi connectivity index (χ0) is 52.3. The number of aromatic hydroxyl groups is 1. The molecule has 3 aromatic rings. The molecule has 2 aromatic carbocycles. The Bertz CT molecular complexity index is 2830. The number of nitrogens with one attached hydrogen (secondary N) is 1. The van der Waals surface area contributed by atoms with Crippen molar-refractivity contribution in [3.8, 4) is 52.4 Å². The van der Waals surface area contributed by atoms with Gasteiger partial charge in [0.25, 0.3) is 5.91 Å². The normalized spacial score (nSPS) is 34.3. The summed E-state index contributed by atoms with van der Waals surface area (Å²) in [7, 11) is 2.90. The van der Waals surface area contributed by atoms with Gasteiger partial charge in [-0.1, -0.05) is 49.1 Å². The van der Waals surface area contributed by atoms with Crippen LogP contribution in [0.5, 0.6) is 28.7 Å². The number of fused-ring (bicyclic) bond motifs is 8. The average molecular weight is 1030 g/mol. The molecule has 73 heavy (non-hydrogen) atoms. The number of carbonyl (C=O) groups excluding carboxylic acids is 2. The summed E-state index contributed by atoms with van der Waals surface area (Å²) in [4.78, 5) is 33.5. The minimum atomic E-state index is -1.55. The number of aliphatic hydroxyl groups is 3. The second kappa shape index (κ2) is 20.6. The summed E-state index contributed by atoms with van der Waals surface area (Å²) in [5.41, 5.74) is -2.02. The fourth-order valence-electron chi connectivity index (χ4n) is 10.5. The van der Waals surface area contributed by atoms with Gasteiger partial charge >= 0.3 is 5.97 Å². The third-order valence-corrected chi connectivity index (χ3v) is 14.4. The van der Waals surface area contributed by atoms with Crippen LogP contribution in [0.1, 0.15) is 77.4 Å². The molecule has 2 aliphatic carbocycles. The van der Waals surface area contributed by atoms with Crippen LogP contribution in [0.25, 0.3) is 10.8 Å². The lowest BCUT2D eigenvalue weighted by Crippen LogP contribution is -2.57. The molecule has 5 aliphatic heterocycles. The van der Waals surface area contributed by atoms with E-state index in [0.29, 0.717) is 27.7 Å². The highest BCUT2D eigenvalue weighted by atomic mass is 35.5. The smallest absolute Gasteiger partial charge is 0.329 e. The van der Waals surface area contributed by atoms with Gasteiger partial charge in [-0.3, -0.25) is 4.79 Å². The number of halogens is 1. The number of methoxy groups -OCH3 is 2. The van der Waals surface area contributed by atoms with Crippen molar-refractivity contribution < 1.29 is 77.4 Å². The Hall–Kier alpha value is -5.64. The summed E-state index contributed by atoms with van der Waals surface area (Å²) in [6, 6.07) is 6.16. The first-order valence-corrected chi connectivity index (χ1v) is 24.8. The lowest BCUT2D eigenvalue weighted by atomic mass is 9.82. The number of pyridine rings is 1. The Morgan fingerprint density at radius 1 is 1.00 bits per heavy atom. The highest BCUT2D eigenvalue weighted by Gasteiger charge is 2.70. The highest BCUT2D eigenvalue weighted by molar-refractivity contribution is 6.30. The van der Waals surface area contributed by atoms with Gasteiger partial charge in [-0.15, -0.1) is 0 Å². The van der Waals surface area contributed by atoms with Gasteiger partial charge in [0, 0.05) is 53.5 Å². The van der Waals surface area contributed by atoms with Crippen LogP contribution in [-0.2, 0) is 39.6 Å². The maximum Gasteiger partial charge on any atom is 0.329 e. The van der Waals surface area contributed by atoms with Crippen molar-refractivity contribution in [2.24, 2.45) is 11.8 Å². The molecule has 19 heteroatoms. The molecule has 14 atom stereocenters. The van der Waals surface area contributed by atoms with Crippen molar-refractivity contribution in [2.45, 2.75) is 152 Å². The average Bonchev–Trinajstić information content (AvgIpc) is 3.95. The molecule has 1 aromatic heterocycles. The van der Waals surface area contributed by atoms with Gasteiger partial charge in [0.2, 0.25) is 5.75 Å². The van der Waals surface area contributed by atoms with E-state index < -0.39 is 103 Å².